The number of nitrogens with one attached hydrogen (secondary N) is 1. The monoisotopic (exact) mass is 401 g/mol. The minimum atomic E-state index is -0.500. The predicted octanol–water partition coefficient (Wildman–Crippen LogP) is 5.82. The van der Waals surface area contributed by atoms with Crippen molar-refractivity contribution in [1.82, 2.24) is 5.32 Å². The zero-order valence-electron chi connectivity index (χ0n) is 14.8. The molecule has 132 valence electrons. The van der Waals surface area contributed by atoms with Gasteiger partial charge in [0.15, 0.2) is 0 Å². The van der Waals surface area contributed by atoms with Crippen LogP contribution in [0.25, 0.3) is 0 Å². The van der Waals surface area contributed by atoms with Gasteiger partial charge in [-0.2, -0.15) is 0 Å². The number of carbonyl (C=O) groups is 1. The van der Waals surface area contributed by atoms with Crippen LogP contribution in [0.4, 0.5) is 4.79 Å². The zero-order valence-corrected chi connectivity index (χ0v) is 16.4. The average molecular weight is 402 g/mol. The van der Waals surface area contributed by atoms with E-state index in [4.69, 9.17) is 4.74 Å². The SMILES string of the molecule is CC(C)(C)OC(=O)NC(c1ccccc1)C1CC1c1ccc(Br)cc1. The van der Waals surface area contributed by atoms with E-state index in [0.717, 1.165) is 16.5 Å². The maximum atomic E-state index is 12.3. The van der Waals surface area contributed by atoms with E-state index in [-0.39, 0.29) is 12.1 Å². The number of rotatable bonds is 4. The summed E-state index contributed by atoms with van der Waals surface area (Å²) in [4.78, 5) is 12.3. The van der Waals surface area contributed by atoms with Gasteiger partial charge in [0.05, 0.1) is 6.04 Å². The van der Waals surface area contributed by atoms with Crippen LogP contribution in [-0.4, -0.2) is 11.7 Å². The summed E-state index contributed by atoms with van der Waals surface area (Å²) in [5.74, 6) is 0.851. The molecule has 1 aliphatic rings. The first kappa shape index (κ1) is 18.0. The van der Waals surface area contributed by atoms with Gasteiger partial charge in [-0.3, -0.25) is 0 Å². The summed E-state index contributed by atoms with van der Waals surface area (Å²) >= 11 is 3.48. The Morgan fingerprint density at radius 3 is 2.36 bits per heavy atom. The number of hydrogen-bond donors (Lipinski definition) is 1. The molecule has 4 heteroatoms. The highest BCUT2D eigenvalue weighted by Gasteiger charge is 2.45. The molecule has 2 aromatic rings. The van der Waals surface area contributed by atoms with Crippen molar-refractivity contribution in [2.75, 3.05) is 0 Å². The highest BCUT2D eigenvalue weighted by molar-refractivity contribution is 9.10. The van der Waals surface area contributed by atoms with Crippen molar-refractivity contribution in [1.29, 1.82) is 0 Å². The molecule has 1 amide bonds. The Morgan fingerprint density at radius 1 is 1.12 bits per heavy atom. The highest BCUT2D eigenvalue weighted by Crippen LogP contribution is 2.54. The van der Waals surface area contributed by atoms with Crippen molar-refractivity contribution in [3.8, 4) is 0 Å². The van der Waals surface area contributed by atoms with Gasteiger partial charge in [0.25, 0.3) is 0 Å². The maximum Gasteiger partial charge on any atom is 0.408 e. The summed E-state index contributed by atoms with van der Waals surface area (Å²) in [7, 11) is 0. The highest BCUT2D eigenvalue weighted by atomic mass is 79.9. The lowest BCUT2D eigenvalue weighted by Crippen LogP contribution is -2.36. The Bertz CT molecular complexity index is 722. The summed E-state index contributed by atoms with van der Waals surface area (Å²) in [6, 6.07) is 18.6. The molecule has 3 rings (SSSR count). The first-order valence-corrected chi connectivity index (χ1v) is 9.43. The quantitative estimate of drug-likeness (QED) is 0.700. The van der Waals surface area contributed by atoms with E-state index < -0.39 is 5.60 Å². The number of amides is 1. The Balaban J connectivity index is 1.76. The molecule has 0 aromatic heterocycles. The van der Waals surface area contributed by atoms with E-state index in [0.29, 0.717) is 11.8 Å². The fraction of sp³-hybridized carbons (Fsp3) is 0.381. The van der Waals surface area contributed by atoms with E-state index in [1.807, 2.05) is 39.0 Å². The molecule has 0 spiro atoms. The summed E-state index contributed by atoms with van der Waals surface area (Å²) < 4.78 is 6.55. The third-order valence-corrected chi connectivity index (χ3v) is 4.93. The number of ether oxygens (including phenoxy) is 1. The largest absolute Gasteiger partial charge is 0.444 e. The average Bonchev–Trinajstić information content (AvgIpc) is 3.33. The summed E-state index contributed by atoms with van der Waals surface area (Å²) in [6.45, 7) is 5.64. The van der Waals surface area contributed by atoms with Crippen LogP contribution in [0.3, 0.4) is 0 Å². The molecule has 0 saturated heterocycles. The van der Waals surface area contributed by atoms with Crippen LogP contribution >= 0.6 is 15.9 Å². The van der Waals surface area contributed by atoms with E-state index in [1.165, 1.54) is 5.56 Å². The van der Waals surface area contributed by atoms with E-state index >= 15 is 0 Å². The fourth-order valence-electron chi connectivity index (χ4n) is 3.21. The second-order valence-corrected chi connectivity index (χ2v) is 8.51. The molecule has 0 aliphatic heterocycles. The molecule has 0 radical (unpaired) electrons. The van der Waals surface area contributed by atoms with Crippen molar-refractivity contribution >= 4 is 22.0 Å². The smallest absolute Gasteiger partial charge is 0.408 e. The summed E-state index contributed by atoms with van der Waals surface area (Å²) in [6.07, 6.45) is 0.708. The van der Waals surface area contributed by atoms with Crippen LogP contribution in [0.1, 0.15) is 50.3 Å². The van der Waals surface area contributed by atoms with Crippen LogP contribution in [0.15, 0.2) is 59.1 Å². The van der Waals surface area contributed by atoms with Crippen LogP contribution in [0, 0.1) is 5.92 Å². The van der Waals surface area contributed by atoms with Crippen molar-refractivity contribution in [3.63, 3.8) is 0 Å². The molecule has 0 heterocycles. The molecule has 1 aliphatic carbocycles. The van der Waals surface area contributed by atoms with Gasteiger partial charge in [0.1, 0.15) is 5.60 Å². The second-order valence-electron chi connectivity index (χ2n) is 7.59. The van der Waals surface area contributed by atoms with Gasteiger partial charge in [0, 0.05) is 4.47 Å². The number of carbonyl (C=O) groups excluding carboxylic acids is 1. The molecule has 2 aromatic carbocycles. The number of benzene rings is 2. The van der Waals surface area contributed by atoms with Gasteiger partial charge in [-0.05, 0) is 62.3 Å². The van der Waals surface area contributed by atoms with Crippen molar-refractivity contribution in [2.45, 2.75) is 44.8 Å². The van der Waals surface area contributed by atoms with Crippen LogP contribution in [0.5, 0.6) is 0 Å². The standard InChI is InChI=1S/C21H24BrNO2/c1-21(2,3)25-20(24)23-19(15-7-5-4-6-8-15)18-13-17(18)14-9-11-16(22)12-10-14/h4-12,17-19H,13H2,1-3H3,(H,23,24). The van der Waals surface area contributed by atoms with E-state index in [1.54, 1.807) is 0 Å². The summed E-state index contributed by atoms with van der Waals surface area (Å²) in [5.41, 5.74) is 1.94. The van der Waals surface area contributed by atoms with Crippen molar-refractivity contribution in [3.05, 3.63) is 70.2 Å². The van der Waals surface area contributed by atoms with Gasteiger partial charge in [-0.25, -0.2) is 4.79 Å². The minimum Gasteiger partial charge on any atom is -0.444 e. The van der Waals surface area contributed by atoms with Crippen molar-refractivity contribution in [2.24, 2.45) is 5.92 Å². The van der Waals surface area contributed by atoms with Gasteiger partial charge in [-0.15, -0.1) is 0 Å². The van der Waals surface area contributed by atoms with E-state index in [9.17, 15) is 4.79 Å². The Labute approximate surface area is 157 Å². The van der Waals surface area contributed by atoms with Gasteiger partial charge >= 0.3 is 6.09 Å². The van der Waals surface area contributed by atoms with Crippen LogP contribution < -0.4 is 5.32 Å². The number of alkyl carbamates (subject to hydrolysis) is 1. The third kappa shape index (κ3) is 4.85. The lowest BCUT2D eigenvalue weighted by atomic mass is 9.99. The Kier molecular flexibility index (Phi) is 5.19. The zero-order chi connectivity index (χ0) is 18.0. The van der Waals surface area contributed by atoms with Crippen molar-refractivity contribution < 1.29 is 9.53 Å². The minimum absolute atomic E-state index is 0.0373. The lowest BCUT2D eigenvalue weighted by molar-refractivity contribution is 0.0496. The molecule has 3 nitrogen and oxygen atoms in total. The molecular formula is C21H24BrNO2. The third-order valence-electron chi connectivity index (χ3n) is 4.40. The predicted molar refractivity (Wildman–Crippen MR) is 104 cm³/mol. The Hall–Kier alpha value is -1.81. The number of hydrogen-bond acceptors (Lipinski definition) is 2. The van der Waals surface area contributed by atoms with Gasteiger partial charge in [0.2, 0.25) is 0 Å². The Morgan fingerprint density at radius 2 is 1.76 bits per heavy atom. The lowest BCUT2D eigenvalue weighted by Gasteiger charge is -2.24. The van der Waals surface area contributed by atoms with Crippen LogP contribution in [-0.2, 0) is 4.74 Å². The fourth-order valence-corrected chi connectivity index (χ4v) is 3.47. The molecule has 25 heavy (non-hydrogen) atoms. The van der Waals surface area contributed by atoms with E-state index in [2.05, 4.69) is 57.6 Å². The first-order valence-electron chi connectivity index (χ1n) is 8.63. The molecule has 1 N–H and O–H groups in total. The molecule has 3 unspecified atom stereocenters. The topological polar surface area (TPSA) is 38.3 Å². The second kappa shape index (κ2) is 7.20. The number of halogens is 1. The molecule has 0 bridgehead atoms. The van der Waals surface area contributed by atoms with Gasteiger partial charge in [-0.1, -0.05) is 58.4 Å². The summed E-state index contributed by atoms with van der Waals surface area (Å²) in [5, 5.41) is 3.09. The van der Waals surface area contributed by atoms with Crippen LogP contribution in [0.2, 0.25) is 0 Å². The molecule has 1 saturated carbocycles. The van der Waals surface area contributed by atoms with Gasteiger partial charge < -0.3 is 10.1 Å². The molecule has 1 fully saturated rings. The normalized spacial score (nSPS) is 20.6. The first-order chi connectivity index (χ1) is 11.8. The maximum absolute atomic E-state index is 12.3. The molecular weight excluding hydrogens is 378 g/mol. The molecule has 3 atom stereocenters.